The molecule has 0 radical (unpaired) electrons. The van der Waals surface area contributed by atoms with Crippen molar-refractivity contribution in [2.45, 2.75) is 32.2 Å². The van der Waals surface area contributed by atoms with Crippen molar-refractivity contribution in [1.82, 2.24) is 0 Å². The first kappa shape index (κ1) is 13.6. The molecule has 1 saturated carbocycles. The van der Waals surface area contributed by atoms with Crippen molar-refractivity contribution in [3.05, 3.63) is 23.5 Å². The molecule has 19 heavy (non-hydrogen) atoms. The molecule has 3 N–H and O–H groups in total. The van der Waals surface area contributed by atoms with Crippen LogP contribution in [0.3, 0.4) is 0 Å². The average molecular weight is 266 g/mol. The van der Waals surface area contributed by atoms with E-state index in [0.717, 1.165) is 18.9 Å². The molecule has 4 nitrogen and oxygen atoms in total. The Morgan fingerprint density at radius 2 is 2.11 bits per heavy atom. The summed E-state index contributed by atoms with van der Waals surface area (Å²) < 4.78 is 18.6. The van der Waals surface area contributed by atoms with Gasteiger partial charge in [0, 0.05) is 11.2 Å². The number of benzene rings is 1. The maximum atomic E-state index is 13.9. The second-order valence-electron chi connectivity index (χ2n) is 5.53. The second kappa shape index (κ2) is 4.72. The van der Waals surface area contributed by atoms with E-state index < -0.39 is 11.8 Å². The topological polar surface area (TPSA) is 64.3 Å². The summed E-state index contributed by atoms with van der Waals surface area (Å²) in [7, 11) is 1.27. The number of carbonyl (C=O) groups excluding carboxylic acids is 1. The fourth-order valence-electron chi connectivity index (χ4n) is 2.23. The molecule has 0 atom stereocenters. The Hall–Kier alpha value is -1.78. The number of esters is 1. The smallest absolute Gasteiger partial charge is 0.340 e. The van der Waals surface area contributed by atoms with E-state index in [9.17, 15) is 9.18 Å². The van der Waals surface area contributed by atoms with Crippen LogP contribution in [0.1, 0.15) is 37.0 Å². The molecule has 0 aromatic heterocycles. The van der Waals surface area contributed by atoms with Gasteiger partial charge in [0.15, 0.2) is 0 Å². The van der Waals surface area contributed by atoms with Crippen LogP contribution in [-0.4, -0.2) is 18.6 Å². The van der Waals surface area contributed by atoms with E-state index >= 15 is 0 Å². The Balaban J connectivity index is 2.32. The van der Waals surface area contributed by atoms with Gasteiger partial charge in [-0.3, -0.25) is 0 Å². The van der Waals surface area contributed by atoms with Crippen molar-refractivity contribution in [2.24, 2.45) is 5.92 Å². The summed E-state index contributed by atoms with van der Waals surface area (Å²) in [6, 6.07) is 2.57. The number of carbonyl (C=O) groups is 1. The standard InChI is InChI=1S/C14H19FN2O2/c1-14(2,8-4-5-8)17-12-6-9(13(18)19-3)11(16)7-10(12)15/h6-8,17H,4-5,16H2,1-3H3. The molecule has 1 aromatic rings. The number of hydrogen-bond donors (Lipinski definition) is 2. The van der Waals surface area contributed by atoms with E-state index in [1.165, 1.54) is 13.2 Å². The van der Waals surface area contributed by atoms with Crippen LogP contribution >= 0.6 is 0 Å². The van der Waals surface area contributed by atoms with Gasteiger partial charge in [-0.1, -0.05) is 0 Å². The third-order valence-corrected chi connectivity index (χ3v) is 3.60. The molecular weight excluding hydrogens is 247 g/mol. The van der Waals surface area contributed by atoms with E-state index in [1.807, 2.05) is 13.8 Å². The molecule has 5 heteroatoms. The van der Waals surface area contributed by atoms with Gasteiger partial charge in [0.2, 0.25) is 0 Å². The van der Waals surface area contributed by atoms with Crippen molar-refractivity contribution in [3.8, 4) is 0 Å². The van der Waals surface area contributed by atoms with Gasteiger partial charge in [0.25, 0.3) is 0 Å². The number of anilines is 2. The third kappa shape index (κ3) is 2.80. The van der Waals surface area contributed by atoms with E-state index in [4.69, 9.17) is 5.73 Å². The zero-order valence-electron chi connectivity index (χ0n) is 11.4. The largest absolute Gasteiger partial charge is 0.465 e. The normalized spacial score (nSPS) is 15.2. The molecule has 1 aromatic carbocycles. The molecule has 1 aliphatic carbocycles. The Morgan fingerprint density at radius 3 is 2.63 bits per heavy atom. The quantitative estimate of drug-likeness (QED) is 0.649. The minimum absolute atomic E-state index is 0.0825. The minimum atomic E-state index is -0.565. The third-order valence-electron chi connectivity index (χ3n) is 3.60. The van der Waals surface area contributed by atoms with Gasteiger partial charge in [-0.15, -0.1) is 0 Å². The molecule has 104 valence electrons. The van der Waals surface area contributed by atoms with E-state index in [0.29, 0.717) is 5.92 Å². The molecule has 1 aliphatic rings. The van der Waals surface area contributed by atoms with E-state index in [-0.39, 0.29) is 22.5 Å². The number of hydrogen-bond acceptors (Lipinski definition) is 4. The molecule has 0 unspecified atom stereocenters. The molecular formula is C14H19FN2O2. The molecule has 0 aliphatic heterocycles. The average Bonchev–Trinajstić information content (AvgIpc) is 3.16. The van der Waals surface area contributed by atoms with Crippen LogP contribution in [0.2, 0.25) is 0 Å². The summed E-state index contributed by atoms with van der Waals surface area (Å²) in [6.07, 6.45) is 2.28. The van der Waals surface area contributed by atoms with Crippen LogP contribution in [-0.2, 0) is 4.74 Å². The van der Waals surface area contributed by atoms with Crippen molar-refractivity contribution >= 4 is 17.3 Å². The van der Waals surface area contributed by atoms with Gasteiger partial charge in [0.05, 0.1) is 18.4 Å². The number of nitrogens with one attached hydrogen (secondary N) is 1. The summed E-state index contributed by atoms with van der Waals surface area (Å²) in [5.74, 6) is -0.491. The number of halogens is 1. The van der Waals surface area contributed by atoms with Crippen molar-refractivity contribution < 1.29 is 13.9 Å². The molecule has 0 saturated heterocycles. The molecule has 0 amide bonds. The highest BCUT2D eigenvalue weighted by Crippen LogP contribution is 2.41. The van der Waals surface area contributed by atoms with Crippen LogP contribution in [0, 0.1) is 11.7 Å². The monoisotopic (exact) mass is 266 g/mol. The summed E-state index contributed by atoms with van der Waals surface area (Å²) in [5.41, 5.74) is 5.98. The van der Waals surface area contributed by atoms with Gasteiger partial charge in [-0.25, -0.2) is 9.18 Å². The van der Waals surface area contributed by atoms with E-state index in [1.54, 1.807) is 0 Å². The van der Waals surface area contributed by atoms with Crippen LogP contribution in [0.15, 0.2) is 12.1 Å². The summed E-state index contributed by atoms with van der Waals surface area (Å²) >= 11 is 0. The summed E-state index contributed by atoms with van der Waals surface area (Å²) in [5, 5.41) is 3.16. The maximum Gasteiger partial charge on any atom is 0.340 e. The number of methoxy groups -OCH3 is 1. The van der Waals surface area contributed by atoms with Crippen LogP contribution in [0.4, 0.5) is 15.8 Å². The zero-order chi connectivity index (χ0) is 14.2. The minimum Gasteiger partial charge on any atom is -0.465 e. The van der Waals surface area contributed by atoms with Crippen LogP contribution in [0.25, 0.3) is 0 Å². The summed E-state index contributed by atoms with van der Waals surface area (Å²) in [4.78, 5) is 11.6. The predicted molar refractivity (Wildman–Crippen MR) is 72.6 cm³/mol. The SMILES string of the molecule is COC(=O)c1cc(NC(C)(C)C2CC2)c(F)cc1N. The molecule has 2 rings (SSSR count). The molecule has 0 spiro atoms. The van der Waals surface area contributed by atoms with Crippen LogP contribution in [0.5, 0.6) is 0 Å². The number of nitrogens with two attached hydrogens (primary N) is 1. The first-order chi connectivity index (χ1) is 8.85. The predicted octanol–water partition coefficient (Wildman–Crippen LogP) is 2.79. The number of ether oxygens (including phenoxy) is 1. The number of nitrogen functional groups attached to an aromatic ring is 1. The lowest BCUT2D eigenvalue weighted by atomic mass is 9.98. The van der Waals surface area contributed by atoms with Crippen LogP contribution < -0.4 is 11.1 Å². The van der Waals surface area contributed by atoms with Gasteiger partial charge in [-0.2, -0.15) is 0 Å². The highest BCUT2D eigenvalue weighted by molar-refractivity contribution is 5.96. The zero-order valence-corrected chi connectivity index (χ0v) is 11.4. The molecule has 1 fully saturated rings. The lowest BCUT2D eigenvalue weighted by Crippen LogP contribution is -2.33. The van der Waals surface area contributed by atoms with Gasteiger partial charge in [0.1, 0.15) is 5.82 Å². The summed E-state index contributed by atoms with van der Waals surface area (Å²) in [6.45, 7) is 4.05. The highest BCUT2D eigenvalue weighted by atomic mass is 19.1. The highest BCUT2D eigenvalue weighted by Gasteiger charge is 2.38. The Morgan fingerprint density at radius 1 is 1.47 bits per heavy atom. The van der Waals surface area contributed by atoms with E-state index in [2.05, 4.69) is 10.1 Å². The second-order valence-corrected chi connectivity index (χ2v) is 5.53. The first-order valence-electron chi connectivity index (χ1n) is 6.30. The van der Waals surface area contributed by atoms with Crippen molar-refractivity contribution in [2.75, 3.05) is 18.2 Å². The Labute approximate surface area is 112 Å². The van der Waals surface area contributed by atoms with Gasteiger partial charge in [-0.05, 0) is 44.7 Å². The fourth-order valence-corrected chi connectivity index (χ4v) is 2.23. The Kier molecular flexibility index (Phi) is 3.39. The molecule has 0 heterocycles. The fraction of sp³-hybridized carbons (Fsp3) is 0.500. The van der Waals surface area contributed by atoms with Gasteiger partial charge < -0.3 is 15.8 Å². The first-order valence-corrected chi connectivity index (χ1v) is 6.30. The van der Waals surface area contributed by atoms with Crippen molar-refractivity contribution in [3.63, 3.8) is 0 Å². The maximum absolute atomic E-state index is 13.9. The van der Waals surface area contributed by atoms with Crippen molar-refractivity contribution in [1.29, 1.82) is 0 Å². The molecule has 0 bridgehead atoms. The van der Waals surface area contributed by atoms with Gasteiger partial charge >= 0.3 is 5.97 Å². The Bertz CT molecular complexity index is 510. The number of rotatable bonds is 4. The lowest BCUT2D eigenvalue weighted by molar-refractivity contribution is 0.0602. The lowest BCUT2D eigenvalue weighted by Gasteiger charge is -2.28.